The molecule has 0 bridgehead atoms. The van der Waals surface area contributed by atoms with Gasteiger partial charge >= 0.3 is 0 Å². The van der Waals surface area contributed by atoms with Crippen LogP contribution in [-0.2, 0) is 16.0 Å². The number of rotatable bonds is 7. The number of ether oxygens (including phenoxy) is 1. The molecular weight excluding hydrogens is 374 g/mol. The Bertz CT molecular complexity index is 868. The highest BCUT2D eigenvalue weighted by Gasteiger charge is 2.29. The van der Waals surface area contributed by atoms with Gasteiger partial charge in [0.2, 0.25) is 11.8 Å². The molecule has 0 saturated heterocycles. The van der Waals surface area contributed by atoms with Gasteiger partial charge in [0.05, 0.1) is 18.0 Å². The number of fused-ring (bicyclic) bond motifs is 1. The van der Waals surface area contributed by atoms with E-state index < -0.39 is 0 Å². The maximum Gasteiger partial charge on any atom is 0.240 e. The zero-order chi connectivity index (χ0) is 20.1. The molecule has 2 amide bonds. The van der Waals surface area contributed by atoms with E-state index in [0.717, 1.165) is 39.7 Å². The maximum absolute atomic E-state index is 12.4. The molecule has 28 heavy (non-hydrogen) atoms. The summed E-state index contributed by atoms with van der Waals surface area (Å²) in [6.45, 7) is 7.00. The van der Waals surface area contributed by atoms with Crippen LogP contribution in [0.4, 0.5) is 5.69 Å². The van der Waals surface area contributed by atoms with Crippen LogP contribution in [0.3, 0.4) is 0 Å². The number of aryl methyl sites for hydroxylation is 2. The number of benzene rings is 1. The quantitative estimate of drug-likeness (QED) is 0.775. The number of nitrogens with one attached hydrogen (secondary N) is 1. The van der Waals surface area contributed by atoms with Gasteiger partial charge in [-0.15, -0.1) is 0 Å². The predicted octanol–water partition coefficient (Wildman–Crippen LogP) is 2.89. The SMILES string of the molecule is CCOc1ccc(CCNC(=O)CN2C(=O)CSc3nc(C)cc(C)c32)cc1. The van der Waals surface area contributed by atoms with E-state index in [9.17, 15) is 9.59 Å². The van der Waals surface area contributed by atoms with Crippen molar-refractivity contribution in [2.75, 3.05) is 30.3 Å². The highest BCUT2D eigenvalue weighted by molar-refractivity contribution is 8.00. The van der Waals surface area contributed by atoms with Gasteiger partial charge in [-0.05, 0) is 56.5 Å². The minimum atomic E-state index is -0.169. The first kappa shape index (κ1) is 20.2. The molecule has 3 rings (SSSR count). The fourth-order valence-electron chi connectivity index (χ4n) is 3.19. The topological polar surface area (TPSA) is 71.5 Å². The lowest BCUT2D eigenvalue weighted by molar-refractivity contribution is -0.122. The maximum atomic E-state index is 12.4. The van der Waals surface area contributed by atoms with Crippen molar-refractivity contribution in [1.82, 2.24) is 10.3 Å². The van der Waals surface area contributed by atoms with Crippen molar-refractivity contribution in [2.45, 2.75) is 32.2 Å². The Kier molecular flexibility index (Phi) is 6.57. The van der Waals surface area contributed by atoms with Gasteiger partial charge in [0.25, 0.3) is 0 Å². The normalized spacial score (nSPS) is 13.2. The molecule has 0 fully saturated rings. The standard InChI is InChI=1S/C21H25N3O3S/c1-4-27-17-7-5-16(6-8-17)9-10-22-18(25)12-24-19(26)13-28-21-20(24)14(2)11-15(3)23-21/h5-8,11H,4,9-10,12-13H2,1-3H3,(H,22,25). The number of thioether (sulfide) groups is 1. The van der Waals surface area contributed by atoms with Crippen LogP contribution in [-0.4, -0.2) is 42.2 Å². The van der Waals surface area contributed by atoms with E-state index in [0.29, 0.717) is 18.9 Å². The van der Waals surface area contributed by atoms with Crippen molar-refractivity contribution in [3.63, 3.8) is 0 Å². The number of pyridine rings is 1. The largest absolute Gasteiger partial charge is 0.494 e. The van der Waals surface area contributed by atoms with Crippen LogP contribution in [0.1, 0.15) is 23.7 Å². The summed E-state index contributed by atoms with van der Waals surface area (Å²) in [6.07, 6.45) is 0.721. The second kappa shape index (κ2) is 9.10. The third-order valence-corrected chi connectivity index (χ3v) is 5.40. The molecule has 2 heterocycles. The van der Waals surface area contributed by atoms with Gasteiger partial charge in [-0.1, -0.05) is 23.9 Å². The second-order valence-corrected chi connectivity index (χ2v) is 7.64. The van der Waals surface area contributed by atoms with Gasteiger partial charge in [0, 0.05) is 12.2 Å². The Labute approximate surface area is 169 Å². The molecule has 1 aromatic carbocycles. The van der Waals surface area contributed by atoms with Gasteiger partial charge in [-0.3, -0.25) is 14.5 Å². The molecule has 0 saturated carbocycles. The Balaban J connectivity index is 1.57. The third kappa shape index (κ3) is 4.84. The van der Waals surface area contributed by atoms with Crippen LogP contribution >= 0.6 is 11.8 Å². The lowest BCUT2D eigenvalue weighted by Crippen LogP contribution is -2.44. The van der Waals surface area contributed by atoms with Crippen LogP contribution in [0, 0.1) is 13.8 Å². The number of hydrogen-bond donors (Lipinski definition) is 1. The molecule has 0 spiro atoms. The Hall–Kier alpha value is -2.54. The summed E-state index contributed by atoms with van der Waals surface area (Å²) in [5, 5.41) is 3.73. The minimum absolute atomic E-state index is 0.0151. The number of carbonyl (C=O) groups is 2. The smallest absolute Gasteiger partial charge is 0.240 e. The molecule has 0 radical (unpaired) electrons. The van der Waals surface area contributed by atoms with Gasteiger partial charge in [-0.25, -0.2) is 4.98 Å². The molecule has 0 atom stereocenters. The summed E-state index contributed by atoms with van der Waals surface area (Å²) in [7, 11) is 0. The van der Waals surface area contributed by atoms with Gasteiger partial charge < -0.3 is 10.1 Å². The monoisotopic (exact) mass is 399 g/mol. The summed E-state index contributed by atoms with van der Waals surface area (Å²) in [5.41, 5.74) is 3.76. The molecule has 0 aliphatic carbocycles. The second-order valence-electron chi connectivity index (χ2n) is 6.68. The number of nitrogens with zero attached hydrogens (tertiary/aromatic N) is 2. The van der Waals surface area contributed by atoms with Gasteiger partial charge in [-0.2, -0.15) is 0 Å². The molecule has 7 heteroatoms. The highest BCUT2D eigenvalue weighted by Crippen LogP contribution is 2.36. The van der Waals surface area contributed by atoms with Crippen molar-refractivity contribution in [3.8, 4) is 5.75 Å². The fraction of sp³-hybridized carbons (Fsp3) is 0.381. The minimum Gasteiger partial charge on any atom is -0.494 e. The first-order valence-corrected chi connectivity index (χ1v) is 10.4. The van der Waals surface area contributed by atoms with Crippen molar-refractivity contribution in [3.05, 3.63) is 47.2 Å². The number of carbonyl (C=O) groups excluding carboxylic acids is 2. The van der Waals surface area contributed by atoms with Crippen molar-refractivity contribution in [2.24, 2.45) is 0 Å². The van der Waals surface area contributed by atoms with Crippen LogP contribution in [0.15, 0.2) is 35.4 Å². The zero-order valence-corrected chi connectivity index (χ0v) is 17.3. The molecule has 1 aliphatic heterocycles. The summed E-state index contributed by atoms with van der Waals surface area (Å²) in [5.74, 6) is 0.919. The van der Waals surface area contributed by atoms with E-state index in [1.54, 1.807) is 4.90 Å². The van der Waals surface area contributed by atoms with Crippen LogP contribution < -0.4 is 15.0 Å². The Morgan fingerprint density at radius 3 is 2.75 bits per heavy atom. The molecule has 148 valence electrons. The predicted molar refractivity (Wildman–Crippen MR) is 111 cm³/mol. The fourth-order valence-corrected chi connectivity index (χ4v) is 4.22. The lowest BCUT2D eigenvalue weighted by atomic mass is 10.1. The van der Waals surface area contributed by atoms with E-state index in [4.69, 9.17) is 4.74 Å². The average Bonchev–Trinajstić information content (AvgIpc) is 2.65. The van der Waals surface area contributed by atoms with Crippen molar-refractivity contribution in [1.29, 1.82) is 0 Å². The van der Waals surface area contributed by atoms with Gasteiger partial charge in [0.15, 0.2) is 0 Å². The average molecular weight is 400 g/mol. The molecular formula is C21H25N3O3S. The first-order chi connectivity index (χ1) is 13.5. The molecule has 1 aliphatic rings. The van der Waals surface area contributed by atoms with Gasteiger partial charge in [0.1, 0.15) is 17.3 Å². The van der Waals surface area contributed by atoms with Crippen LogP contribution in [0.2, 0.25) is 0 Å². The summed E-state index contributed by atoms with van der Waals surface area (Å²) >= 11 is 1.43. The lowest BCUT2D eigenvalue weighted by Gasteiger charge is -2.29. The van der Waals surface area contributed by atoms with E-state index >= 15 is 0 Å². The number of amides is 2. The highest BCUT2D eigenvalue weighted by atomic mass is 32.2. The van der Waals surface area contributed by atoms with E-state index in [-0.39, 0.29) is 18.4 Å². The Morgan fingerprint density at radius 1 is 1.29 bits per heavy atom. The Morgan fingerprint density at radius 2 is 2.04 bits per heavy atom. The summed E-state index contributed by atoms with van der Waals surface area (Å²) in [6, 6.07) is 9.79. The number of hydrogen-bond acceptors (Lipinski definition) is 5. The molecule has 1 N–H and O–H groups in total. The van der Waals surface area contributed by atoms with E-state index in [1.807, 2.05) is 51.1 Å². The zero-order valence-electron chi connectivity index (χ0n) is 16.4. The first-order valence-electron chi connectivity index (χ1n) is 9.37. The third-order valence-electron chi connectivity index (χ3n) is 4.45. The summed E-state index contributed by atoms with van der Waals surface area (Å²) in [4.78, 5) is 30.9. The summed E-state index contributed by atoms with van der Waals surface area (Å²) < 4.78 is 5.43. The van der Waals surface area contributed by atoms with Crippen molar-refractivity contribution < 1.29 is 14.3 Å². The molecule has 2 aromatic rings. The molecule has 6 nitrogen and oxygen atoms in total. The number of anilines is 1. The van der Waals surface area contributed by atoms with Crippen LogP contribution in [0.5, 0.6) is 5.75 Å². The van der Waals surface area contributed by atoms with Crippen molar-refractivity contribution >= 4 is 29.3 Å². The van der Waals surface area contributed by atoms with Crippen LogP contribution in [0.25, 0.3) is 0 Å². The molecule has 0 unspecified atom stereocenters. The molecule has 1 aromatic heterocycles. The van der Waals surface area contributed by atoms with E-state index in [2.05, 4.69) is 10.3 Å². The van der Waals surface area contributed by atoms with E-state index in [1.165, 1.54) is 11.8 Å². The number of aromatic nitrogens is 1.